The van der Waals surface area contributed by atoms with Gasteiger partial charge in [-0.2, -0.15) is 0 Å². The van der Waals surface area contributed by atoms with Crippen LogP contribution in [0.15, 0.2) is 0 Å². The molecule has 0 saturated carbocycles. The number of rotatable bonds is 16. The third-order valence-electron chi connectivity index (χ3n) is 3.53. The molecule has 0 radical (unpaired) electrons. The Kier molecular flexibility index (Phi) is 15.8. The topological polar surface area (TPSA) is 52.6 Å². The van der Waals surface area contributed by atoms with Gasteiger partial charge in [0.15, 0.2) is 5.12 Å². The molecule has 0 bridgehead atoms. The Labute approximate surface area is 147 Å². The summed E-state index contributed by atoms with van der Waals surface area (Å²) in [5.74, 6) is 0.967. The second-order valence-electron chi connectivity index (χ2n) is 5.69. The number of thioether (sulfide) groups is 1. The minimum atomic E-state index is -2.83. The number of unbranched alkanes of at least 4 members (excludes halogenated alkanes) is 8. The average Bonchev–Trinajstić information content (AvgIpc) is 2.48. The van der Waals surface area contributed by atoms with Gasteiger partial charge in [0.25, 0.3) is 0 Å². The average molecular weight is 367 g/mol. The molecule has 23 heavy (non-hydrogen) atoms. The van der Waals surface area contributed by atoms with Crippen LogP contribution in [0, 0.1) is 0 Å². The van der Waals surface area contributed by atoms with E-state index in [1.165, 1.54) is 50.3 Å². The molecule has 0 aromatic carbocycles. The van der Waals surface area contributed by atoms with Crippen molar-refractivity contribution in [1.29, 1.82) is 0 Å². The predicted octanol–water partition coefficient (Wildman–Crippen LogP) is 6.04. The van der Waals surface area contributed by atoms with Gasteiger partial charge in [-0.1, -0.05) is 56.7 Å². The Bertz CT molecular complexity index is 327. The minimum Gasteiger partial charge on any atom is -0.309 e. The third-order valence-corrected chi connectivity index (χ3v) is 6.60. The van der Waals surface area contributed by atoms with Crippen LogP contribution in [0.5, 0.6) is 0 Å². The van der Waals surface area contributed by atoms with Gasteiger partial charge in [-0.05, 0) is 26.7 Å². The lowest BCUT2D eigenvalue weighted by atomic mass is 10.1. The summed E-state index contributed by atoms with van der Waals surface area (Å²) in [4.78, 5) is 10.8. The van der Waals surface area contributed by atoms with Crippen LogP contribution in [0.3, 0.4) is 0 Å². The summed E-state index contributed by atoms with van der Waals surface area (Å²) < 4.78 is 22.8. The molecule has 0 fully saturated rings. The van der Waals surface area contributed by atoms with Gasteiger partial charge in [-0.3, -0.25) is 9.36 Å². The number of carbonyl (C=O) groups excluding carboxylic acids is 1. The van der Waals surface area contributed by atoms with E-state index in [1.54, 1.807) is 6.92 Å². The molecular weight excluding hydrogens is 331 g/mol. The summed E-state index contributed by atoms with van der Waals surface area (Å²) in [6, 6.07) is 0. The maximum atomic E-state index is 12.2. The summed E-state index contributed by atoms with van der Waals surface area (Å²) in [7, 11) is -2.83. The molecule has 0 N–H and O–H groups in total. The van der Waals surface area contributed by atoms with E-state index in [9.17, 15) is 9.36 Å². The van der Waals surface area contributed by atoms with E-state index in [2.05, 4.69) is 0 Å². The zero-order chi connectivity index (χ0) is 17.4. The second-order valence-corrected chi connectivity index (χ2v) is 9.15. The highest BCUT2D eigenvalue weighted by Gasteiger charge is 2.22. The first-order valence-corrected chi connectivity index (χ1v) is 11.8. The van der Waals surface area contributed by atoms with Crippen LogP contribution in [0.2, 0.25) is 0 Å². The molecule has 0 atom stereocenters. The van der Waals surface area contributed by atoms with Crippen molar-refractivity contribution in [3.8, 4) is 0 Å². The van der Waals surface area contributed by atoms with Crippen molar-refractivity contribution in [2.24, 2.45) is 0 Å². The first-order chi connectivity index (χ1) is 11.0. The maximum Gasteiger partial charge on any atom is 0.330 e. The highest BCUT2D eigenvalue weighted by molar-refractivity contribution is 8.13. The van der Waals surface area contributed by atoms with Crippen LogP contribution in [0.25, 0.3) is 0 Å². The van der Waals surface area contributed by atoms with Crippen LogP contribution >= 0.6 is 19.4 Å². The summed E-state index contributed by atoms with van der Waals surface area (Å²) in [6.45, 7) is 6.23. The standard InChI is InChI=1S/C17H35O4PS/c1-4-20-22(19,21-5-2)15-13-11-9-7-6-8-10-12-14-16-23-17(3)18/h4-16H2,1-3H3. The molecule has 0 aromatic heterocycles. The lowest BCUT2D eigenvalue weighted by Crippen LogP contribution is -2.00. The molecule has 0 heterocycles. The monoisotopic (exact) mass is 366 g/mol. The summed E-state index contributed by atoms with van der Waals surface area (Å²) in [5.41, 5.74) is 0. The highest BCUT2D eigenvalue weighted by Crippen LogP contribution is 2.48. The summed E-state index contributed by atoms with van der Waals surface area (Å²) in [6.07, 6.45) is 11.2. The SMILES string of the molecule is CCOP(=O)(CCCCCCCCCCCSC(C)=O)OCC. The Morgan fingerprint density at radius 3 is 1.70 bits per heavy atom. The van der Waals surface area contributed by atoms with E-state index in [0.717, 1.165) is 25.0 Å². The molecule has 0 unspecified atom stereocenters. The van der Waals surface area contributed by atoms with Crippen LogP contribution in [-0.4, -0.2) is 30.2 Å². The fourth-order valence-corrected chi connectivity index (χ4v) is 4.79. The van der Waals surface area contributed by atoms with Gasteiger partial charge < -0.3 is 9.05 Å². The lowest BCUT2D eigenvalue weighted by molar-refractivity contribution is -0.109. The van der Waals surface area contributed by atoms with E-state index in [-0.39, 0.29) is 5.12 Å². The van der Waals surface area contributed by atoms with Crippen molar-refractivity contribution in [3.05, 3.63) is 0 Å². The first-order valence-electron chi connectivity index (χ1n) is 9.05. The smallest absolute Gasteiger partial charge is 0.309 e. The van der Waals surface area contributed by atoms with Gasteiger partial charge >= 0.3 is 7.60 Å². The van der Waals surface area contributed by atoms with Crippen molar-refractivity contribution in [2.75, 3.05) is 25.1 Å². The lowest BCUT2D eigenvalue weighted by Gasteiger charge is -2.16. The Morgan fingerprint density at radius 1 is 0.826 bits per heavy atom. The molecule has 0 aliphatic carbocycles. The van der Waals surface area contributed by atoms with E-state index in [4.69, 9.17) is 9.05 Å². The highest BCUT2D eigenvalue weighted by atomic mass is 32.2. The maximum absolute atomic E-state index is 12.2. The predicted molar refractivity (Wildman–Crippen MR) is 100 cm³/mol. The van der Waals surface area contributed by atoms with Gasteiger partial charge in [0.1, 0.15) is 0 Å². The zero-order valence-electron chi connectivity index (χ0n) is 15.2. The van der Waals surface area contributed by atoms with Crippen molar-refractivity contribution >= 4 is 24.5 Å². The molecule has 0 amide bonds. The third kappa shape index (κ3) is 15.4. The number of carbonyl (C=O) groups is 1. The molecular formula is C17H35O4PS. The first kappa shape index (κ1) is 23.2. The van der Waals surface area contributed by atoms with Crippen molar-refractivity contribution in [3.63, 3.8) is 0 Å². The Morgan fingerprint density at radius 2 is 1.26 bits per heavy atom. The Balaban J connectivity index is 3.38. The number of hydrogen-bond donors (Lipinski definition) is 0. The molecule has 6 heteroatoms. The second kappa shape index (κ2) is 15.7. The molecule has 0 aromatic rings. The molecule has 0 aliphatic rings. The normalized spacial score (nSPS) is 11.8. The van der Waals surface area contributed by atoms with Gasteiger partial charge in [0.2, 0.25) is 0 Å². The van der Waals surface area contributed by atoms with Crippen molar-refractivity contribution in [1.82, 2.24) is 0 Å². The largest absolute Gasteiger partial charge is 0.330 e. The summed E-state index contributed by atoms with van der Waals surface area (Å²) >= 11 is 1.44. The minimum absolute atomic E-state index is 0.225. The zero-order valence-corrected chi connectivity index (χ0v) is 16.9. The molecule has 0 saturated heterocycles. The Hall–Kier alpha value is 0.170. The molecule has 0 rings (SSSR count). The van der Waals surface area contributed by atoms with Gasteiger partial charge in [-0.15, -0.1) is 0 Å². The van der Waals surface area contributed by atoms with Crippen LogP contribution < -0.4 is 0 Å². The quantitative estimate of drug-likeness (QED) is 0.246. The fraction of sp³-hybridized carbons (Fsp3) is 0.941. The van der Waals surface area contributed by atoms with Crippen LogP contribution in [0.4, 0.5) is 0 Å². The molecule has 0 spiro atoms. The van der Waals surface area contributed by atoms with E-state index in [0.29, 0.717) is 19.4 Å². The molecule has 138 valence electrons. The van der Waals surface area contributed by atoms with Crippen molar-refractivity contribution in [2.45, 2.75) is 78.6 Å². The van der Waals surface area contributed by atoms with Crippen molar-refractivity contribution < 1.29 is 18.4 Å². The van der Waals surface area contributed by atoms with Gasteiger partial charge in [0, 0.05) is 12.7 Å². The summed E-state index contributed by atoms with van der Waals surface area (Å²) in [5, 5.41) is 0.225. The van der Waals surface area contributed by atoms with E-state index < -0.39 is 7.60 Å². The fourth-order valence-electron chi connectivity index (χ4n) is 2.42. The number of hydrogen-bond acceptors (Lipinski definition) is 5. The van der Waals surface area contributed by atoms with E-state index in [1.807, 2.05) is 13.8 Å². The molecule has 0 aliphatic heterocycles. The van der Waals surface area contributed by atoms with Gasteiger partial charge in [-0.25, -0.2) is 0 Å². The van der Waals surface area contributed by atoms with Gasteiger partial charge in [0.05, 0.1) is 19.4 Å². The molecule has 4 nitrogen and oxygen atoms in total. The van der Waals surface area contributed by atoms with Crippen LogP contribution in [-0.2, 0) is 18.4 Å². The van der Waals surface area contributed by atoms with Crippen LogP contribution in [0.1, 0.15) is 78.6 Å². The van der Waals surface area contributed by atoms with E-state index >= 15 is 0 Å².